The zero-order valence-electron chi connectivity index (χ0n) is 6.93. The summed E-state index contributed by atoms with van der Waals surface area (Å²) >= 11 is 2.65. The first-order valence-corrected chi connectivity index (χ1v) is 5.25. The van der Waals surface area contributed by atoms with E-state index in [-0.39, 0.29) is 11.7 Å². The van der Waals surface area contributed by atoms with Gasteiger partial charge < -0.3 is 10.8 Å². The fourth-order valence-corrected chi connectivity index (χ4v) is 2.67. The van der Waals surface area contributed by atoms with Crippen LogP contribution in [0.2, 0.25) is 0 Å². The molecule has 1 rings (SSSR count). The Morgan fingerprint density at radius 1 is 1.77 bits per heavy atom. The Labute approximate surface area is 83.4 Å². The van der Waals surface area contributed by atoms with Gasteiger partial charge in [0, 0.05) is 5.25 Å². The van der Waals surface area contributed by atoms with Gasteiger partial charge in [-0.1, -0.05) is 30.0 Å². The minimum Gasteiger partial charge on any atom is -0.481 e. The van der Waals surface area contributed by atoms with Crippen LogP contribution in [-0.4, -0.2) is 26.5 Å². The zero-order chi connectivity index (χ0) is 9.84. The van der Waals surface area contributed by atoms with E-state index in [0.29, 0.717) is 9.47 Å². The highest BCUT2D eigenvalue weighted by atomic mass is 32.2. The van der Waals surface area contributed by atoms with Crippen molar-refractivity contribution in [2.45, 2.75) is 22.9 Å². The van der Waals surface area contributed by atoms with E-state index >= 15 is 0 Å². The van der Waals surface area contributed by atoms with E-state index in [1.807, 2.05) is 6.92 Å². The predicted octanol–water partition coefficient (Wildman–Crippen LogP) is 1.08. The van der Waals surface area contributed by atoms with Gasteiger partial charge in [0.05, 0.1) is 6.42 Å². The standard InChI is InChI=1S/C6H9N3O2S2/c1-3(2-4(10)11)12-6-9-8-5(7)13-6/h3H,2H2,1H3,(H2,7,8)(H,10,11). The molecule has 0 aliphatic heterocycles. The van der Waals surface area contributed by atoms with E-state index in [9.17, 15) is 4.79 Å². The van der Waals surface area contributed by atoms with E-state index < -0.39 is 5.97 Å². The second-order valence-electron chi connectivity index (χ2n) is 2.43. The number of thioether (sulfide) groups is 1. The van der Waals surface area contributed by atoms with Crippen LogP contribution < -0.4 is 5.73 Å². The number of aliphatic carboxylic acids is 1. The molecule has 1 aromatic heterocycles. The molecular weight excluding hydrogens is 210 g/mol. The molecule has 0 saturated carbocycles. The minimum atomic E-state index is -0.808. The van der Waals surface area contributed by atoms with Crippen LogP contribution in [0.3, 0.4) is 0 Å². The summed E-state index contributed by atoms with van der Waals surface area (Å²) in [5.41, 5.74) is 5.37. The highest BCUT2D eigenvalue weighted by molar-refractivity contribution is 8.01. The van der Waals surface area contributed by atoms with Crippen molar-refractivity contribution in [3.8, 4) is 0 Å². The van der Waals surface area contributed by atoms with Gasteiger partial charge >= 0.3 is 5.97 Å². The third-order valence-electron chi connectivity index (χ3n) is 1.19. The predicted molar refractivity (Wildman–Crippen MR) is 51.9 cm³/mol. The Hall–Kier alpha value is -0.820. The highest BCUT2D eigenvalue weighted by Crippen LogP contribution is 2.28. The van der Waals surface area contributed by atoms with Gasteiger partial charge in [-0.25, -0.2) is 0 Å². The van der Waals surface area contributed by atoms with Gasteiger partial charge in [0.2, 0.25) is 5.13 Å². The molecule has 0 fully saturated rings. The van der Waals surface area contributed by atoms with Gasteiger partial charge in [-0.15, -0.1) is 10.2 Å². The third kappa shape index (κ3) is 3.60. The lowest BCUT2D eigenvalue weighted by molar-refractivity contribution is -0.136. The maximum absolute atomic E-state index is 10.3. The molecule has 3 N–H and O–H groups in total. The highest BCUT2D eigenvalue weighted by Gasteiger charge is 2.11. The number of carboxylic acids is 1. The first-order chi connectivity index (χ1) is 6.08. The smallest absolute Gasteiger partial charge is 0.304 e. The Kier molecular flexibility index (Phi) is 3.49. The van der Waals surface area contributed by atoms with Crippen molar-refractivity contribution >= 4 is 34.2 Å². The molecule has 5 nitrogen and oxygen atoms in total. The van der Waals surface area contributed by atoms with Crippen LogP contribution >= 0.6 is 23.1 Å². The van der Waals surface area contributed by atoms with Crippen LogP contribution in [0.5, 0.6) is 0 Å². The molecule has 7 heteroatoms. The summed E-state index contributed by atoms with van der Waals surface area (Å²) in [6, 6.07) is 0. The molecule has 0 aliphatic carbocycles. The van der Waals surface area contributed by atoms with Crippen molar-refractivity contribution < 1.29 is 9.90 Å². The van der Waals surface area contributed by atoms with Crippen LogP contribution in [0.1, 0.15) is 13.3 Å². The van der Waals surface area contributed by atoms with Crippen LogP contribution in [0, 0.1) is 0 Å². The molecule has 0 amide bonds. The quantitative estimate of drug-likeness (QED) is 0.736. The van der Waals surface area contributed by atoms with Gasteiger partial charge in [-0.3, -0.25) is 4.79 Å². The number of hydrogen-bond acceptors (Lipinski definition) is 6. The maximum Gasteiger partial charge on any atom is 0.304 e. The Morgan fingerprint density at radius 3 is 2.92 bits per heavy atom. The van der Waals surface area contributed by atoms with E-state index in [1.165, 1.54) is 23.1 Å². The first-order valence-electron chi connectivity index (χ1n) is 3.55. The number of carboxylic acid groups (broad SMARTS) is 1. The van der Waals surface area contributed by atoms with Gasteiger partial charge in [-0.05, 0) is 0 Å². The lowest BCUT2D eigenvalue weighted by Crippen LogP contribution is -2.05. The van der Waals surface area contributed by atoms with Crippen molar-refractivity contribution in [1.29, 1.82) is 0 Å². The third-order valence-corrected chi connectivity index (χ3v) is 3.12. The fraction of sp³-hybridized carbons (Fsp3) is 0.500. The summed E-state index contributed by atoms with van der Waals surface area (Å²) in [6.45, 7) is 1.83. The molecule has 0 aliphatic rings. The van der Waals surface area contributed by atoms with Crippen molar-refractivity contribution in [2.24, 2.45) is 0 Å². The van der Waals surface area contributed by atoms with Crippen molar-refractivity contribution in [1.82, 2.24) is 10.2 Å². The Morgan fingerprint density at radius 2 is 2.46 bits per heavy atom. The minimum absolute atomic E-state index is 0.00940. The topological polar surface area (TPSA) is 89.1 Å². The average Bonchev–Trinajstić information content (AvgIpc) is 2.33. The van der Waals surface area contributed by atoms with E-state index in [0.717, 1.165) is 0 Å². The summed E-state index contributed by atoms with van der Waals surface area (Å²) in [5, 5.41) is 16.3. The van der Waals surface area contributed by atoms with E-state index in [2.05, 4.69) is 10.2 Å². The van der Waals surface area contributed by atoms with Crippen molar-refractivity contribution in [3.63, 3.8) is 0 Å². The molecule has 13 heavy (non-hydrogen) atoms. The lowest BCUT2D eigenvalue weighted by Gasteiger charge is -2.03. The number of nitrogen functional groups attached to an aromatic ring is 1. The van der Waals surface area contributed by atoms with Crippen LogP contribution in [-0.2, 0) is 4.79 Å². The molecule has 1 heterocycles. The van der Waals surface area contributed by atoms with Gasteiger partial charge in [0.1, 0.15) is 0 Å². The number of rotatable bonds is 4. The maximum atomic E-state index is 10.3. The molecule has 1 atom stereocenters. The molecule has 1 unspecified atom stereocenters. The molecular formula is C6H9N3O2S2. The fourth-order valence-electron chi connectivity index (χ4n) is 0.728. The monoisotopic (exact) mass is 219 g/mol. The number of nitrogens with zero attached hydrogens (tertiary/aromatic N) is 2. The van der Waals surface area contributed by atoms with Gasteiger partial charge in [0.15, 0.2) is 4.34 Å². The number of carbonyl (C=O) groups is 1. The molecule has 1 aromatic rings. The number of anilines is 1. The first kappa shape index (κ1) is 10.3. The van der Waals surface area contributed by atoms with E-state index in [1.54, 1.807) is 0 Å². The van der Waals surface area contributed by atoms with Crippen molar-refractivity contribution in [2.75, 3.05) is 5.73 Å². The summed E-state index contributed by atoms with van der Waals surface area (Å²) < 4.78 is 0.714. The Balaban J connectivity index is 2.44. The molecule has 0 bridgehead atoms. The second kappa shape index (κ2) is 4.43. The molecule has 72 valence electrons. The zero-order valence-corrected chi connectivity index (χ0v) is 8.56. The van der Waals surface area contributed by atoms with Gasteiger partial charge in [0.25, 0.3) is 0 Å². The van der Waals surface area contributed by atoms with Crippen LogP contribution in [0.15, 0.2) is 4.34 Å². The summed E-state index contributed by atoms with van der Waals surface area (Å²) in [7, 11) is 0. The SMILES string of the molecule is CC(CC(=O)O)Sc1nnc(N)s1. The van der Waals surface area contributed by atoms with Crippen LogP contribution in [0.25, 0.3) is 0 Å². The average molecular weight is 219 g/mol. The normalized spacial score (nSPS) is 12.7. The largest absolute Gasteiger partial charge is 0.481 e. The summed E-state index contributed by atoms with van der Waals surface area (Å²) in [5.74, 6) is -0.808. The molecule has 0 radical (unpaired) electrons. The number of nitrogens with two attached hydrogens (primary N) is 1. The molecule has 0 saturated heterocycles. The van der Waals surface area contributed by atoms with Crippen LogP contribution in [0.4, 0.5) is 5.13 Å². The van der Waals surface area contributed by atoms with Crippen molar-refractivity contribution in [3.05, 3.63) is 0 Å². The lowest BCUT2D eigenvalue weighted by atomic mass is 10.3. The second-order valence-corrected chi connectivity index (χ2v) is 5.13. The molecule has 0 spiro atoms. The number of hydrogen-bond donors (Lipinski definition) is 2. The Bertz CT molecular complexity index is 302. The van der Waals surface area contributed by atoms with Gasteiger partial charge in [-0.2, -0.15) is 0 Å². The van der Waals surface area contributed by atoms with E-state index in [4.69, 9.17) is 10.8 Å². The summed E-state index contributed by atoms with van der Waals surface area (Å²) in [6.07, 6.45) is 0.115. The summed E-state index contributed by atoms with van der Waals surface area (Å²) in [4.78, 5) is 10.3. The molecule has 0 aromatic carbocycles. The number of aromatic nitrogens is 2.